The van der Waals surface area contributed by atoms with Gasteiger partial charge in [-0.3, -0.25) is 0 Å². The fraction of sp³-hybridized carbons (Fsp3) is 1.00. The fourth-order valence-corrected chi connectivity index (χ4v) is 1.50. The number of rotatable bonds is 3. The Morgan fingerprint density at radius 2 is 2.27 bits per heavy atom. The van der Waals surface area contributed by atoms with Crippen molar-refractivity contribution in [2.75, 3.05) is 20.3 Å². The molecule has 1 saturated heterocycles. The lowest BCUT2D eigenvalue weighted by atomic mass is 9.93. The third-order valence-corrected chi connectivity index (χ3v) is 2.41. The van der Waals surface area contributed by atoms with E-state index in [4.69, 9.17) is 9.47 Å². The molecule has 0 N–H and O–H groups in total. The average molecular weight is 158 g/mol. The van der Waals surface area contributed by atoms with Crippen molar-refractivity contribution in [3.05, 3.63) is 0 Å². The summed E-state index contributed by atoms with van der Waals surface area (Å²) in [6.07, 6.45) is 1.53. The second kappa shape index (κ2) is 4.07. The SMILES string of the molecule is COC[C@@H]1C[C@H](C(C)C)CO1. The Labute approximate surface area is 68.9 Å². The number of hydrogen-bond acceptors (Lipinski definition) is 2. The number of methoxy groups -OCH3 is 1. The summed E-state index contributed by atoms with van der Waals surface area (Å²) in [7, 11) is 1.73. The van der Waals surface area contributed by atoms with Crippen LogP contribution in [0, 0.1) is 11.8 Å². The molecule has 0 radical (unpaired) electrons. The molecular weight excluding hydrogens is 140 g/mol. The summed E-state index contributed by atoms with van der Waals surface area (Å²) >= 11 is 0. The quantitative estimate of drug-likeness (QED) is 0.622. The molecule has 2 heteroatoms. The Bertz CT molecular complexity index is 112. The van der Waals surface area contributed by atoms with E-state index in [0.717, 1.165) is 25.0 Å². The highest BCUT2D eigenvalue weighted by atomic mass is 16.5. The van der Waals surface area contributed by atoms with Crippen LogP contribution < -0.4 is 0 Å². The number of ether oxygens (including phenoxy) is 2. The highest BCUT2D eigenvalue weighted by Gasteiger charge is 2.27. The van der Waals surface area contributed by atoms with Gasteiger partial charge < -0.3 is 9.47 Å². The molecule has 1 fully saturated rings. The molecule has 0 aromatic carbocycles. The molecule has 0 saturated carbocycles. The van der Waals surface area contributed by atoms with Crippen LogP contribution in [-0.4, -0.2) is 26.4 Å². The zero-order valence-electron chi connectivity index (χ0n) is 7.67. The molecule has 0 spiro atoms. The summed E-state index contributed by atoms with van der Waals surface area (Å²) in [5.74, 6) is 1.49. The molecule has 11 heavy (non-hydrogen) atoms. The Hall–Kier alpha value is -0.0800. The number of hydrogen-bond donors (Lipinski definition) is 0. The van der Waals surface area contributed by atoms with Crippen molar-refractivity contribution >= 4 is 0 Å². The Kier molecular flexibility index (Phi) is 3.34. The Balaban J connectivity index is 2.23. The standard InChI is InChI=1S/C9H18O2/c1-7(2)8-4-9(6-10-3)11-5-8/h7-9H,4-6H2,1-3H3/t8-,9-/m0/s1. The first-order valence-electron chi connectivity index (χ1n) is 4.34. The van der Waals surface area contributed by atoms with Crippen LogP contribution in [0.2, 0.25) is 0 Å². The average Bonchev–Trinajstić information content (AvgIpc) is 2.37. The second-order valence-electron chi connectivity index (χ2n) is 3.65. The fourth-order valence-electron chi connectivity index (χ4n) is 1.50. The molecule has 1 rings (SSSR count). The highest BCUT2D eigenvalue weighted by molar-refractivity contribution is 4.75. The van der Waals surface area contributed by atoms with E-state index in [-0.39, 0.29) is 0 Å². The van der Waals surface area contributed by atoms with Crippen LogP contribution in [-0.2, 0) is 9.47 Å². The van der Waals surface area contributed by atoms with Crippen molar-refractivity contribution in [2.24, 2.45) is 11.8 Å². The molecule has 66 valence electrons. The van der Waals surface area contributed by atoms with E-state index in [1.165, 1.54) is 6.42 Å². The minimum absolute atomic E-state index is 0.354. The van der Waals surface area contributed by atoms with Crippen LogP contribution in [0.3, 0.4) is 0 Å². The van der Waals surface area contributed by atoms with Gasteiger partial charge in [0, 0.05) is 7.11 Å². The summed E-state index contributed by atoms with van der Waals surface area (Å²) in [4.78, 5) is 0. The van der Waals surface area contributed by atoms with Crippen molar-refractivity contribution in [3.8, 4) is 0 Å². The van der Waals surface area contributed by atoms with Gasteiger partial charge in [-0.1, -0.05) is 13.8 Å². The van der Waals surface area contributed by atoms with E-state index < -0.39 is 0 Å². The van der Waals surface area contributed by atoms with E-state index >= 15 is 0 Å². The van der Waals surface area contributed by atoms with Gasteiger partial charge in [0.2, 0.25) is 0 Å². The molecule has 0 amide bonds. The van der Waals surface area contributed by atoms with Crippen LogP contribution >= 0.6 is 0 Å². The van der Waals surface area contributed by atoms with Gasteiger partial charge in [-0.2, -0.15) is 0 Å². The normalized spacial score (nSPS) is 31.6. The van der Waals surface area contributed by atoms with Crippen molar-refractivity contribution in [3.63, 3.8) is 0 Å². The monoisotopic (exact) mass is 158 g/mol. The van der Waals surface area contributed by atoms with Crippen molar-refractivity contribution in [1.82, 2.24) is 0 Å². The van der Waals surface area contributed by atoms with Gasteiger partial charge >= 0.3 is 0 Å². The maximum atomic E-state index is 5.54. The van der Waals surface area contributed by atoms with E-state index in [1.807, 2.05) is 0 Å². The van der Waals surface area contributed by atoms with Crippen molar-refractivity contribution in [1.29, 1.82) is 0 Å². The van der Waals surface area contributed by atoms with E-state index in [2.05, 4.69) is 13.8 Å². The zero-order chi connectivity index (χ0) is 8.27. The summed E-state index contributed by atoms with van der Waals surface area (Å²) in [5.41, 5.74) is 0. The summed E-state index contributed by atoms with van der Waals surface area (Å²) < 4.78 is 10.6. The van der Waals surface area contributed by atoms with Crippen molar-refractivity contribution < 1.29 is 9.47 Å². The molecular formula is C9H18O2. The predicted octanol–water partition coefficient (Wildman–Crippen LogP) is 1.69. The van der Waals surface area contributed by atoms with Crippen LogP contribution in [0.25, 0.3) is 0 Å². The van der Waals surface area contributed by atoms with Gasteiger partial charge in [-0.25, -0.2) is 0 Å². The van der Waals surface area contributed by atoms with Crippen LogP contribution in [0.15, 0.2) is 0 Å². The molecule has 0 aromatic rings. The zero-order valence-corrected chi connectivity index (χ0v) is 7.67. The van der Waals surface area contributed by atoms with Gasteiger partial charge in [0.05, 0.1) is 19.3 Å². The maximum Gasteiger partial charge on any atom is 0.0812 e. The van der Waals surface area contributed by atoms with Crippen LogP contribution in [0.1, 0.15) is 20.3 Å². The van der Waals surface area contributed by atoms with E-state index in [9.17, 15) is 0 Å². The Morgan fingerprint density at radius 3 is 2.73 bits per heavy atom. The minimum atomic E-state index is 0.354. The molecule has 0 bridgehead atoms. The molecule has 1 aliphatic rings. The molecule has 0 aliphatic carbocycles. The lowest BCUT2D eigenvalue weighted by Gasteiger charge is -2.11. The van der Waals surface area contributed by atoms with E-state index in [0.29, 0.717) is 6.10 Å². The highest BCUT2D eigenvalue weighted by Crippen LogP contribution is 2.25. The van der Waals surface area contributed by atoms with Gasteiger partial charge in [0.25, 0.3) is 0 Å². The lowest BCUT2D eigenvalue weighted by molar-refractivity contribution is 0.0363. The molecule has 0 unspecified atom stereocenters. The van der Waals surface area contributed by atoms with Gasteiger partial charge in [0.15, 0.2) is 0 Å². The molecule has 1 aliphatic heterocycles. The molecule has 2 atom stereocenters. The van der Waals surface area contributed by atoms with Gasteiger partial charge in [-0.15, -0.1) is 0 Å². The summed E-state index contributed by atoms with van der Waals surface area (Å²) in [6, 6.07) is 0. The van der Waals surface area contributed by atoms with Crippen molar-refractivity contribution in [2.45, 2.75) is 26.4 Å². The molecule has 1 heterocycles. The Morgan fingerprint density at radius 1 is 1.55 bits per heavy atom. The molecule has 2 nitrogen and oxygen atoms in total. The smallest absolute Gasteiger partial charge is 0.0812 e. The first-order valence-corrected chi connectivity index (χ1v) is 4.34. The third-order valence-electron chi connectivity index (χ3n) is 2.41. The topological polar surface area (TPSA) is 18.5 Å². The first kappa shape index (κ1) is 9.01. The predicted molar refractivity (Wildman–Crippen MR) is 44.6 cm³/mol. The van der Waals surface area contributed by atoms with Crippen LogP contribution in [0.5, 0.6) is 0 Å². The van der Waals surface area contributed by atoms with E-state index in [1.54, 1.807) is 7.11 Å². The molecule has 0 aromatic heterocycles. The van der Waals surface area contributed by atoms with Crippen LogP contribution in [0.4, 0.5) is 0 Å². The lowest BCUT2D eigenvalue weighted by Crippen LogP contribution is -2.13. The first-order chi connectivity index (χ1) is 5.24. The van der Waals surface area contributed by atoms with Gasteiger partial charge in [0.1, 0.15) is 0 Å². The third kappa shape index (κ3) is 2.46. The summed E-state index contributed by atoms with van der Waals surface area (Å²) in [6.45, 7) is 6.18. The summed E-state index contributed by atoms with van der Waals surface area (Å²) in [5, 5.41) is 0. The maximum absolute atomic E-state index is 5.54. The van der Waals surface area contributed by atoms with Gasteiger partial charge in [-0.05, 0) is 18.3 Å². The largest absolute Gasteiger partial charge is 0.382 e. The second-order valence-corrected chi connectivity index (χ2v) is 3.65. The minimum Gasteiger partial charge on any atom is -0.382 e.